The van der Waals surface area contributed by atoms with Crippen molar-refractivity contribution in [3.8, 4) is 0 Å². The Hall–Kier alpha value is -0.880. The lowest BCUT2D eigenvalue weighted by Crippen LogP contribution is -2.40. The number of carbonyl (C=O) groups is 1. The highest BCUT2D eigenvalue weighted by Gasteiger charge is 2.15. The summed E-state index contributed by atoms with van der Waals surface area (Å²) in [5, 5.41) is 6.76. The van der Waals surface area contributed by atoms with Crippen LogP contribution in [0, 0.1) is 0 Å². The Morgan fingerprint density at radius 3 is 2.58 bits per heavy atom. The van der Waals surface area contributed by atoms with Crippen LogP contribution in [0.5, 0.6) is 0 Å². The quantitative estimate of drug-likeness (QED) is 0.538. The summed E-state index contributed by atoms with van der Waals surface area (Å²) >= 11 is 5.12. The fraction of sp³-hybridized carbons (Fsp3) is 0.846. The van der Waals surface area contributed by atoms with Crippen LogP contribution in [0.1, 0.15) is 32.1 Å². The predicted octanol–water partition coefficient (Wildman–Crippen LogP) is 0.890. The summed E-state index contributed by atoms with van der Waals surface area (Å²) in [6, 6.07) is 0. The number of carbonyl (C=O) groups excluding carboxylic acids is 1. The van der Waals surface area contributed by atoms with E-state index in [9.17, 15) is 4.79 Å². The summed E-state index contributed by atoms with van der Waals surface area (Å²) in [4.78, 5) is 13.8. The number of methoxy groups -OCH3 is 1. The Bertz CT molecular complexity index is 281. The van der Waals surface area contributed by atoms with Crippen molar-refractivity contribution in [2.75, 3.05) is 39.9 Å². The third kappa shape index (κ3) is 7.32. The van der Waals surface area contributed by atoms with Crippen LogP contribution < -0.4 is 10.6 Å². The first kappa shape index (κ1) is 16.2. The second-order valence-corrected chi connectivity index (χ2v) is 5.13. The highest BCUT2D eigenvalue weighted by atomic mass is 32.1. The molecule has 0 aromatic heterocycles. The van der Waals surface area contributed by atoms with Crippen molar-refractivity contribution in [3.63, 3.8) is 0 Å². The van der Waals surface area contributed by atoms with Crippen molar-refractivity contribution in [2.45, 2.75) is 32.1 Å². The minimum atomic E-state index is 0.231. The van der Waals surface area contributed by atoms with Gasteiger partial charge in [-0.15, -0.1) is 0 Å². The lowest BCUT2D eigenvalue weighted by molar-refractivity contribution is -0.131. The van der Waals surface area contributed by atoms with E-state index < -0.39 is 0 Å². The van der Waals surface area contributed by atoms with Gasteiger partial charge in [0.1, 0.15) is 0 Å². The lowest BCUT2D eigenvalue weighted by atomic mass is 10.1. The van der Waals surface area contributed by atoms with Crippen LogP contribution in [0.3, 0.4) is 0 Å². The lowest BCUT2D eigenvalue weighted by Gasteiger charge is -2.26. The molecule has 1 amide bonds. The maximum absolute atomic E-state index is 11.9. The molecule has 1 fully saturated rings. The van der Waals surface area contributed by atoms with Gasteiger partial charge in [0.15, 0.2) is 5.11 Å². The van der Waals surface area contributed by atoms with E-state index in [-0.39, 0.29) is 5.91 Å². The van der Waals surface area contributed by atoms with E-state index in [0.29, 0.717) is 18.1 Å². The van der Waals surface area contributed by atoms with Gasteiger partial charge in [-0.3, -0.25) is 4.79 Å². The molecular weight excluding hydrogens is 262 g/mol. The average Bonchev–Trinajstić information content (AvgIpc) is 2.44. The number of nitrogens with zero attached hydrogens (tertiary/aromatic N) is 1. The van der Waals surface area contributed by atoms with Crippen molar-refractivity contribution in [2.24, 2.45) is 0 Å². The Morgan fingerprint density at radius 1 is 1.21 bits per heavy atom. The molecule has 2 N–H and O–H groups in total. The zero-order chi connectivity index (χ0) is 13.9. The van der Waals surface area contributed by atoms with Gasteiger partial charge in [-0.25, -0.2) is 0 Å². The minimum absolute atomic E-state index is 0.231. The van der Waals surface area contributed by atoms with E-state index in [4.69, 9.17) is 17.0 Å². The van der Waals surface area contributed by atoms with Crippen LogP contribution in [0.2, 0.25) is 0 Å². The highest BCUT2D eigenvalue weighted by molar-refractivity contribution is 7.80. The molecule has 0 bridgehead atoms. The van der Waals surface area contributed by atoms with E-state index in [1.54, 1.807) is 7.11 Å². The number of amides is 1. The number of ether oxygens (including phenoxy) is 1. The Kier molecular flexibility index (Phi) is 8.49. The zero-order valence-corrected chi connectivity index (χ0v) is 12.6. The minimum Gasteiger partial charge on any atom is -0.385 e. The summed E-state index contributed by atoms with van der Waals surface area (Å²) in [5.41, 5.74) is 0. The molecule has 0 saturated carbocycles. The molecule has 0 aliphatic carbocycles. The fourth-order valence-electron chi connectivity index (χ4n) is 2.07. The summed E-state index contributed by atoms with van der Waals surface area (Å²) in [7, 11) is 1.68. The molecule has 1 saturated heterocycles. The number of nitrogens with one attached hydrogen (secondary N) is 2. The molecule has 0 aromatic rings. The van der Waals surface area contributed by atoms with Crippen molar-refractivity contribution in [1.82, 2.24) is 15.5 Å². The number of piperidine rings is 1. The summed E-state index contributed by atoms with van der Waals surface area (Å²) in [6.45, 7) is 3.95. The Balaban J connectivity index is 2.02. The first-order valence-electron chi connectivity index (χ1n) is 7.02. The first-order chi connectivity index (χ1) is 9.24. The summed E-state index contributed by atoms with van der Waals surface area (Å²) in [5.74, 6) is 0.231. The fourth-order valence-corrected chi connectivity index (χ4v) is 2.27. The maximum atomic E-state index is 11.9. The number of rotatable bonds is 7. The maximum Gasteiger partial charge on any atom is 0.224 e. The SMILES string of the molecule is COCCCNC(=S)NCCC(=O)N1CCCCC1. The van der Waals surface area contributed by atoms with Crippen LogP contribution >= 0.6 is 12.2 Å². The molecule has 6 heteroatoms. The van der Waals surface area contributed by atoms with Gasteiger partial charge in [0.05, 0.1) is 0 Å². The van der Waals surface area contributed by atoms with Crippen LogP contribution in [0.15, 0.2) is 0 Å². The largest absolute Gasteiger partial charge is 0.385 e. The number of hydrogen-bond acceptors (Lipinski definition) is 3. The van der Waals surface area contributed by atoms with Crippen molar-refractivity contribution < 1.29 is 9.53 Å². The second-order valence-electron chi connectivity index (χ2n) is 4.72. The van der Waals surface area contributed by atoms with Gasteiger partial charge in [0.2, 0.25) is 5.91 Å². The average molecular weight is 287 g/mol. The number of thiocarbonyl (C=S) groups is 1. The van der Waals surface area contributed by atoms with E-state index in [0.717, 1.165) is 45.5 Å². The zero-order valence-electron chi connectivity index (χ0n) is 11.7. The van der Waals surface area contributed by atoms with Gasteiger partial charge >= 0.3 is 0 Å². The standard InChI is InChI=1S/C13H25N3O2S/c1-18-11-5-7-14-13(19)15-8-6-12(17)16-9-3-2-4-10-16/h2-11H2,1H3,(H2,14,15,19). The Labute approximate surface area is 121 Å². The van der Waals surface area contributed by atoms with Gasteiger partial charge in [0, 0.05) is 46.3 Å². The van der Waals surface area contributed by atoms with Crippen LogP contribution in [-0.4, -0.2) is 55.8 Å². The smallest absolute Gasteiger partial charge is 0.224 e. The molecule has 0 atom stereocenters. The monoisotopic (exact) mass is 287 g/mol. The van der Waals surface area contributed by atoms with Crippen LogP contribution in [-0.2, 0) is 9.53 Å². The third-order valence-electron chi connectivity index (χ3n) is 3.14. The molecule has 0 aromatic carbocycles. The van der Waals surface area contributed by atoms with Gasteiger partial charge in [-0.05, 0) is 37.9 Å². The molecule has 1 aliphatic heterocycles. The molecule has 110 valence electrons. The van der Waals surface area contributed by atoms with E-state index in [1.165, 1.54) is 6.42 Å². The molecule has 19 heavy (non-hydrogen) atoms. The summed E-state index contributed by atoms with van der Waals surface area (Å²) < 4.78 is 4.95. The predicted molar refractivity (Wildman–Crippen MR) is 80.1 cm³/mol. The normalized spacial score (nSPS) is 15.1. The number of likely N-dealkylation sites (tertiary alicyclic amines) is 1. The molecule has 1 aliphatic rings. The second kappa shape index (κ2) is 9.97. The number of hydrogen-bond donors (Lipinski definition) is 2. The molecular formula is C13H25N3O2S. The van der Waals surface area contributed by atoms with E-state index in [2.05, 4.69) is 10.6 Å². The Morgan fingerprint density at radius 2 is 1.89 bits per heavy atom. The third-order valence-corrected chi connectivity index (χ3v) is 3.43. The molecule has 0 spiro atoms. The van der Waals surface area contributed by atoms with Crippen molar-refractivity contribution in [1.29, 1.82) is 0 Å². The van der Waals surface area contributed by atoms with E-state index in [1.807, 2.05) is 4.90 Å². The van der Waals surface area contributed by atoms with Gasteiger partial charge in [0.25, 0.3) is 0 Å². The van der Waals surface area contributed by atoms with E-state index >= 15 is 0 Å². The molecule has 0 unspecified atom stereocenters. The highest BCUT2D eigenvalue weighted by Crippen LogP contribution is 2.09. The van der Waals surface area contributed by atoms with Crippen molar-refractivity contribution in [3.05, 3.63) is 0 Å². The van der Waals surface area contributed by atoms with Gasteiger partial charge in [-0.2, -0.15) is 0 Å². The van der Waals surface area contributed by atoms with Gasteiger partial charge in [-0.1, -0.05) is 0 Å². The van der Waals surface area contributed by atoms with Crippen molar-refractivity contribution >= 4 is 23.2 Å². The van der Waals surface area contributed by atoms with Crippen LogP contribution in [0.25, 0.3) is 0 Å². The van der Waals surface area contributed by atoms with Crippen LogP contribution in [0.4, 0.5) is 0 Å². The topological polar surface area (TPSA) is 53.6 Å². The molecule has 0 radical (unpaired) electrons. The first-order valence-corrected chi connectivity index (χ1v) is 7.43. The van der Waals surface area contributed by atoms with Gasteiger partial charge < -0.3 is 20.3 Å². The summed E-state index contributed by atoms with van der Waals surface area (Å²) in [6.07, 6.45) is 4.96. The molecule has 5 nitrogen and oxygen atoms in total. The molecule has 1 heterocycles. The molecule has 1 rings (SSSR count).